The summed E-state index contributed by atoms with van der Waals surface area (Å²) < 4.78 is 95.9. The van der Waals surface area contributed by atoms with Gasteiger partial charge in [-0.3, -0.25) is 8.37 Å². The molecule has 2 unspecified atom stereocenters. The van der Waals surface area contributed by atoms with Crippen molar-refractivity contribution in [1.82, 2.24) is 0 Å². The van der Waals surface area contributed by atoms with E-state index in [9.17, 15) is 36.2 Å². The van der Waals surface area contributed by atoms with Crippen LogP contribution in [0.3, 0.4) is 0 Å². The first-order chi connectivity index (χ1) is 13.2. The summed E-state index contributed by atoms with van der Waals surface area (Å²) in [5.41, 5.74) is 0. The van der Waals surface area contributed by atoms with Crippen molar-refractivity contribution in [2.45, 2.75) is 63.1 Å². The molecule has 0 aromatic rings. The molecule has 9 atom stereocenters. The van der Waals surface area contributed by atoms with Crippen LogP contribution in [0.4, 0.5) is 0 Å². The van der Waals surface area contributed by atoms with E-state index in [1.54, 1.807) is 0 Å². The molecule has 2 aliphatic heterocycles. The summed E-state index contributed by atoms with van der Waals surface area (Å²) in [4.78, 5) is 0. The molecule has 14 nitrogen and oxygen atoms in total. The Balaban J connectivity index is 2.30. The highest BCUT2D eigenvalue weighted by atomic mass is 32.3. The fraction of sp³-hybridized carbons (Fsp3) is 1.00. The van der Waals surface area contributed by atoms with Crippen LogP contribution >= 0.6 is 0 Å². The van der Waals surface area contributed by atoms with Crippen molar-refractivity contribution >= 4 is 20.8 Å². The maximum absolute atomic E-state index is 11.1. The lowest BCUT2D eigenvalue weighted by atomic mass is 9.96. The number of hydrogen-bond donors (Lipinski definition) is 2. The fourth-order valence-electron chi connectivity index (χ4n) is 3.05. The number of rotatable bonds is 7. The molecule has 172 valence electrons. The highest BCUT2D eigenvalue weighted by Gasteiger charge is 2.50. The summed E-state index contributed by atoms with van der Waals surface area (Å²) in [5, 5.41) is 20.4. The van der Waals surface area contributed by atoms with Crippen molar-refractivity contribution < 1.29 is 63.5 Å². The topological polar surface area (TPSA) is 210 Å². The summed E-state index contributed by atoms with van der Waals surface area (Å²) in [7, 11) is -9.45. The van der Waals surface area contributed by atoms with Crippen LogP contribution < -0.4 is 0 Å². The van der Waals surface area contributed by atoms with Gasteiger partial charge in [0, 0.05) is 13.0 Å². The first-order valence-electron chi connectivity index (χ1n) is 8.33. The summed E-state index contributed by atoms with van der Waals surface area (Å²) in [6.07, 6.45) is -12.6. The Bertz CT molecular complexity index is 753. The van der Waals surface area contributed by atoms with Crippen molar-refractivity contribution in [2.75, 3.05) is 13.7 Å². The monoisotopic (exact) mass is 466 g/mol. The second-order valence-electron chi connectivity index (χ2n) is 6.64. The van der Waals surface area contributed by atoms with Crippen LogP contribution in [0, 0.1) is 5.92 Å². The summed E-state index contributed by atoms with van der Waals surface area (Å²) in [5.74, 6) is -0.640. The maximum Gasteiger partial charge on any atom is 0.218 e. The summed E-state index contributed by atoms with van der Waals surface area (Å²) in [6.45, 7) is 2.71. The van der Waals surface area contributed by atoms with Crippen molar-refractivity contribution in [3.8, 4) is 0 Å². The van der Waals surface area contributed by atoms with E-state index in [1.807, 2.05) is 0 Å². The van der Waals surface area contributed by atoms with Crippen LogP contribution in [0.5, 0.6) is 0 Å². The van der Waals surface area contributed by atoms with Gasteiger partial charge in [-0.1, -0.05) is 6.92 Å². The van der Waals surface area contributed by atoms with E-state index < -0.39 is 75.9 Å². The minimum absolute atomic E-state index is 0.138. The lowest BCUT2D eigenvalue weighted by Crippen LogP contribution is -2.62. The van der Waals surface area contributed by atoms with Crippen LogP contribution in [-0.4, -0.2) is 99.1 Å². The van der Waals surface area contributed by atoms with E-state index in [2.05, 4.69) is 8.37 Å². The Morgan fingerprint density at radius 2 is 1.45 bits per heavy atom. The Hall–Kier alpha value is -0.500. The number of ether oxygens (including phenoxy) is 4. The molecule has 2 fully saturated rings. The molecular formula is C13H22O14S2-2. The van der Waals surface area contributed by atoms with Gasteiger partial charge in [0.1, 0.15) is 18.3 Å². The molecule has 2 N–H and O–H groups in total. The van der Waals surface area contributed by atoms with Gasteiger partial charge in [-0.15, -0.1) is 0 Å². The van der Waals surface area contributed by atoms with Gasteiger partial charge in [0.15, 0.2) is 18.7 Å². The SMILES string of the molecule is COC1OC(C)[C@H](O[C@@H]2OC[C@@H](C)[C@@H](O)[C@@H]2OS(=O)(=O)[O-])[C@@H](OS(=O)(=O)[O-])[C@@H]1O. The third kappa shape index (κ3) is 6.49. The molecule has 2 aliphatic rings. The second kappa shape index (κ2) is 9.33. The molecule has 2 heterocycles. The predicted octanol–water partition coefficient (Wildman–Crippen LogP) is -2.83. The van der Waals surface area contributed by atoms with Gasteiger partial charge in [-0.05, 0) is 6.92 Å². The molecule has 0 aromatic heterocycles. The molecule has 0 saturated carbocycles. The van der Waals surface area contributed by atoms with Crippen LogP contribution in [0.1, 0.15) is 13.8 Å². The van der Waals surface area contributed by atoms with Crippen molar-refractivity contribution in [1.29, 1.82) is 0 Å². The molecule has 2 rings (SSSR count). The van der Waals surface area contributed by atoms with Crippen LogP contribution in [0.25, 0.3) is 0 Å². The lowest BCUT2D eigenvalue weighted by Gasteiger charge is -2.46. The number of aliphatic hydroxyl groups is 2. The van der Waals surface area contributed by atoms with E-state index in [1.165, 1.54) is 13.8 Å². The molecule has 16 heteroatoms. The van der Waals surface area contributed by atoms with Crippen LogP contribution in [-0.2, 0) is 48.1 Å². The smallest absolute Gasteiger partial charge is 0.218 e. The zero-order chi connectivity index (χ0) is 22.1. The molecule has 0 radical (unpaired) electrons. The highest BCUT2D eigenvalue weighted by molar-refractivity contribution is 7.81. The van der Waals surface area contributed by atoms with Crippen molar-refractivity contribution in [3.05, 3.63) is 0 Å². The molecule has 0 amide bonds. The maximum atomic E-state index is 11.1. The third-order valence-electron chi connectivity index (χ3n) is 4.44. The van der Waals surface area contributed by atoms with E-state index in [-0.39, 0.29) is 6.61 Å². The Labute approximate surface area is 167 Å². The largest absolute Gasteiger partial charge is 0.726 e. The molecule has 0 spiro atoms. The van der Waals surface area contributed by atoms with E-state index in [0.29, 0.717) is 0 Å². The van der Waals surface area contributed by atoms with E-state index in [4.69, 9.17) is 18.9 Å². The van der Waals surface area contributed by atoms with Crippen molar-refractivity contribution in [2.24, 2.45) is 5.92 Å². The summed E-state index contributed by atoms with van der Waals surface area (Å²) >= 11 is 0. The highest BCUT2D eigenvalue weighted by Crippen LogP contribution is 2.32. The summed E-state index contributed by atoms with van der Waals surface area (Å²) in [6, 6.07) is 0. The fourth-order valence-corrected chi connectivity index (χ4v) is 4.02. The van der Waals surface area contributed by atoms with E-state index in [0.717, 1.165) is 7.11 Å². The van der Waals surface area contributed by atoms with Gasteiger partial charge in [0.2, 0.25) is 20.8 Å². The Morgan fingerprint density at radius 1 is 0.897 bits per heavy atom. The molecule has 0 bridgehead atoms. The van der Waals surface area contributed by atoms with Crippen molar-refractivity contribution in [3.63, 3.8) is 0 Å². The first-order valence-corrected chi connectivity index (χ1v) is 11.0. The average molecular weight is 466 g/mol. The predicted molar refractivity (Wildman–Crippen MR) is 86.3 cm³/mol. The third-order valence-corrected chi connectivity index (χ3v) is 5.36. The van der Waals surface area contributed by atoms with Gasteiger partial charge < -0.3 is 38.3 Å². The zero-order valence-corrected chi connectivity index (χ0v) is 17.1. The lowest BCUT2D eigenvalue weighted by molar-refractivity contribution is -0.332. The van der Waals surface area contributed by atoms with Crippen LogP contribution in [0.15, 0.2) is 0 Å². The van der Waals surface area contributed by atoms with Gasteiger partial charge >= 0.3 is 0 Å². The average Bonchev–Trinajstić information content (AvgIpc) is 2.57. The number of aliphatic hydroxyl groups excluding tert-OH is 2. The quantitative estimate of drug-likeness (QED) is 0.286. The normalized spacial score (nSPS) is 42.0. The minimum Gasteiger partial charge on any atom is -0.726 e. The second-order valence-corrected chi connectivity index (χ2v) is 8.66. The number of hydrogen-bond acceptors (Lipinski definition) is 14. The van der Waals surface area contributed by atoms with Gasteiger partial charge in [-0.25, -0.2) is 16.8 Å². The Kier molecular flexibility index (Phi) is 7.97. The molecule has 29 heavy (non-hydrogen) atoms. The molecule has 2 saturated heterocycles. The van der Waals surface area contributed by atoms with Gasteiger partial charge in [0.05, 0.1) is 18.8 Å². The van der Waals surface area contributed by atoms with E-state index >= 15 is 0 Å². The standard InChI is InChI=1S/C13H24O14S2/c1-5-4-23-13(11(7(5)14)27-29(19,20)21)25-9-6(2)24-12(22-3)8(15)10(9)26-28(16,17)18/h5-15H,4H2,1-3H3,(H,16,17,18)(H,19,20,21)/p-2/t5-,6?,7-,8+,9+,10+,11+,12?,13+/m1/s1. The Morgan fingerprint density at radius 3 is 1.97 bits per heavy atom. The number of methoxy groups -OCH3 is 1. The van der Waals surface area contributed by atoms with Crippen LogP contribution in [0.2, 0.25) is 0 Å². The molecular weight excluding hydrogens is 444 g/mol. The van der Waals surface area contributed by atoms with Gasteiger partial charge in [0.25, 0.3) is 0 Å². The first kappa shape index (κ1) is 24.8. The minimum atomic E-state index is -5.32. The molecule has 0 aromatic carbocycles. The molecule has 0 aliphatic carbocycles. The zero-order valence-electron chi connectivity index (χ0n) is 15.5. The van der Waals surface area contributed by atoms with Gasteiger partial charge in [-0.2, -0.15) is 0 Å².